The zero-order chi connectivity index (χ0) is 13.9. The molecule has 1 aromatic carbocycles. The third-order valence-corrected chi connectivity index (χ3v) is 4.32. The Morgan fingerprint density at radius 1 is 1.20 bits per heavy atom. The Hall–Kier alpha value is -1.84. The fraction of sp³-hybridized carbons (Fsp3) is 0.500. The van der Waals surface area contributed by atoms with Gasteiger partial charge in [0, 0.05) is 25.9 Å². The summed E-state index contributed by atoms with van der Waals surface area (Å²) in [4.78, 5) is 25.3. The van der Waals surface area contributed by atoms with Gasteiger partial charge in [-0.15, -0.1) is 0 Å². The Morgan fingerprint density at radius 3 is 2.75 bits per heavy atom. The number of carbonyl (C=O) groups excluding carboxylic acids is 2. The van der Waals surface area contributed by atoms with E-state index < -0.39 is 0 Å². The normalized spacial score (nSPS) is 25.4. The molecule has 20 heavy (non-hydrogen) atoms. The molecule has 1 aromatic rings. The number of fused-ring (bicyclic) bond motifs is 1. The van der Waals surface area contributed by atoms with Crippen LogP contribution in [0.5, 0.6) is 0 Å². The standard InChI is InChI=1S/C16H19NO3/c18-15-7-6-13-9-17(10-14(13)8-15)16(19)20-11-12-4-2-1-3-5-12/h1-5,13-14H,6-11H2. The van der Waals surface area contributed by atoms with Gasteiger partial charge in [-0.25, -0.2) is 4.79 Å². The van der Waals surface area contributed by atoms with Crippen molar-refractivity contribution in [3.63, 3.8) is 0 Å². The van der Waals surface area contributed by atoms with Crippen LogP contribution in [-0.4, -0.2) is 29.9 Å². The molecular formula is C16H19NO3. The van der Waals surface area contributed by atoms with Gasteiger partial charge < -0.3 is 9.64 Å². The summed E-state index contributed by atoms with van der Waals surface area (Å²) in [6, 6.07) is 9.68. The summed E-state index contributed by atoms with van der Waals surface area (Å²) in [5.41, 5.74) is 0.993. The molecule has 106 valence electrons. The summed E-state index contributed by atoms with van der Waals surface area (Å²) in [7, 11) is 0. The number of Topliss-reactive ketones (excluding diaryl/α,β-unsaturated/α-hetero) is 1. The zero-order valence-corrected chi connectivity index (χ0v) is 11.5. The highest BCUT2D eigenvalue weighted by Gasteiger charge is 2.39. The number of likely N-dealkylation sites (tertiary alicyclic amines) is 1. The van der Waals surface area contributed by atoms with E-state index in [2.05, 4.69) is 0 Å². The highest BCUT2D eigenvalue weighted by atomic mass is 16.6. The SMILES string of the molecule is O=C1CCC2CN(C(=O)OCc3ccccc3)CC2C1. The van der Waals surface area contributed by atoms with Gasteiger partial charge in [0.2, 0.25) is 0 Å². The second-order valence-corrected chi connectivity index (χ2v) is 5.75. The molecule has 1 heterocycles. The summed E-state index contributed by atoms with van der Waals surface area (Å²) in [6.07, 6.45) is 1.98. The van der Waals surface area contributed by atoms with Crippen LogP contribution in [0.25, 0.3) is 0 Å². The van der Waals surface area contributed by atoms with Crippen LogP contribution in [0.15, 0.2) is 30.3 Å². The zero-order valence-electron chi connectivity index (χ0n) is 11.5. The number of benzene rings is 1. The summed E-state index contributed by atoms with van der Waals surface area (Å²) in [5.74, 6) is 1.17. The van der Waals surface area contributed by atoms with E-state index in [1.165, 1.54) is 0 Å². The molecule has 1 saturated carbocycles. The van der Waals surface area contributed by atoms with E-state index >= 15 is 0 Å². The minimum absolute atomic E-state index is 0.254. The van der Waals surface area contributed by atoms with Crippen LogP contribution >= 0.6 is 0 Å². The van der Waals surface area contributed by atoms with Crippen molar-refractivity contribution in [3.8, 4) is 0 Å². The number of amides is 1. The van der Waals surface area contributed by atoms with Crippen LogP contribution in [0.4, 0.5) is 4.79 Å². The number of carbonyl (C=O) groups is 2. The van der Waals surface area contributed by atoms with Crippen LogP contribution in [-0.2, 0) is 16.1 Å². The molecule has 2 unspecified atom stereocenters. The highest BCUT2D eigenvalue weighted by Crippen LogP contribution is 2.34. The minimum Gasteiger partial charge on any atom is -0.445 e. The van der Waals surface area contributed by atoms with E-state index in [-0.39, 0.29) is 6.09 Å². The van der Waals surface area contributed by atoms with Crippen molar-refractivity contribution in [2.45, 2.75) is 25.9 Å². The Morgan fingerprint density at radius 2 is 1.95 bits per heavy atom. The average molecular weight is 273 g/mol. The van der Waals surface area contributed by atoms with Crippen LogP contribution in [0.2, 0.25) is 0 Å². The molecule has 1 aliphatic carbocycles. The fourth-order valence-corrected chi connectivity index (χ4v) is 3.20. The van der Waals surface area contributed by atoms with Gasteiger partial charge in [0.25, 0.3) is 0 Å². The molecule has 0 radical (unpaired) electrons. The summed E-state index contributed by atoms with van der Waals surface area (Å²) in [5, 5.41) is 0. The molecule has 0 spiro atoms. The molecule has 4 heteroatoms. The second kappa shape index (κ2) is 5.65. The van der Waals surface area contributed by atoms with E-state index in [0.717, 1.165) is 18.5 Å². The largest absolute Gasteiger partial charge is 0.445 e. The van der Waals surface area contributed by atoms with Gasteiger partial charge in [-0.2, -0.15) is 0 Å². The number of nitrogens with zero attached hydrogens (tertiary/aromatic N) is 1. The predicted octanol–water partition coefficient (Wildman–Crippen LogP) is 2.62. The number of ketones is 1. The van der Waals surface area contributed by atoms with Crippen molar-refractivity contribution < 1.29 is 14.3 Å². The van der Waals surface area contributed by atoms with Crippen LogP contribution in [0.1, 0.15) is 24.8 Å². The van der Waals surface area contributed by atoms with Gasteiger partial charge in [-0.3, -0.25) is 4.79 Å². The molecule has 2 fully saturated rings. The number of rotatable bonds is 2. The van der Waals surface area contributed by atoms with Crippen molar-refractivity contribution in [1.82, 2.24) is 4.90 Å². The molecule has 0 bridgehead atoms. The molecular weight excluding hydrogens is 254 g/mol. The Kier molecular flexibility index (Phi) is 3.72. The third-order valence-electron chi connectivity index (χ3n) is 4.32. The van der Waals surface area contributed by atoms with E-state index in [1.807, 2.05) is 30.3 Å². The maximum Gasteiger partial charge on any atom is 0.410 e. The lowest BCUT2D eigenvalue weighted by Crippen LogP contribution is -2.29. The van der Waals surface area contributed by atoms with E-state index in [9.17, 15) is 9.59 Å². The number of ether oxygens (including phenoxy) is 1. The van der Waals surface area contributed by atoms with Gasteiger partial charge in [-0.05, 0) is 23.8 Å². The first-order chi connectivity index (χ1) is 9.72. The van der Waals surface area contributed by atoms with Crippen molar-refractivity contribution in [2.24, 2.45) is 11.8 Å². The molecule has 1 saturated heterocycles. The molecule has 0 aromatic heterocycles. The van der Waals surface area contributed by atoms with Gasteiger partial charge in [-0.1, -0.05) is 30.3 Å². The van der Waals surface area contributed by atoms with Gasteiger partial charge >= 0.3 is 6.09 Å². The van der Waals surface area contributed by atoms with Crippen LogP contribution in [0, 0.1) is 11.8 Å². The van der Waals surface area contributed by atoms with Crippen molar-refractivity contribution in [1.29, 1.82) is 0 Å². The van der Waals surface area contributed by atoms with Gasteiger partial charge in [0.05, 0.1) is 0 Å². The first-order valence-corrected chi connectivity index (χ1v) is 7.19. The Labute approximate surface area is 118 Å². The van der Waals surface area contributed by atoms with E-state index in [0.29, 0.717) is 43.6 Å². The number of hydrogen-bond acceptors (Lipinski definition) is 3. The molecule has 2 aliphatic rings. The highest BCUT2D eigenvalue weighted by molar-refractivity contribution is 5.80. The summed E-state index contributed by atoms with van der Waals surface area (Å²) < 4.78 is 5.35. The quantitative estimate of drug-likeness (QED) is 0.832. The van der Waals surface area contributed by atoms with E-state index in [1.54, 1.807) is 4.90 Å². The van der Waals surface area contributed by atoms with Gasteiger partial charge in [0.1, 0.15) is 12.4 Å². The first-order valence-electron chi connectivity index (χ1n) is 7.19. The topological polar surface area (TPSA) is 46.6 Å². The molecule has 0 N–H and O–H groups in total. The second-order valence-electron chi connectivity index (χ2n) is 5.75. The lowest BCUT2D eigenvalue weighted by Gasteiger charge is -2.21. The predicted molar refractivity (Wildman–Crippen MR) is 74.0 cm³/mol. The fourth-order valence-electron chi connectivity index (χ4n) is 3.20. The lowest BCUT2D eigenvalue weighted by molar-refractivity contribution is -0.122. The smallest absolute Gasteiger partial charge is 0.410 e. The van der Waals surface area contributed by atoms with Crippen molar-refractivity contribution >= 4 is 11.9 Å². The molecule has 1 aliphatic heterocycles. The van der Waals surface area contributed by atoms with Crippen LogP contribution in [0.3, 0.4) is 0 Å². The molecule has 4 nitrogen and oxygen atoms in total. The number of hydrogen-bond donors (Lipinski definition) is 0. The molecule has 2 atom stereocenters. The third kappa shape index (κ3) is 2.84. The molecule has 3 rings (SSSR count). The maximum absolute atomic E-state index is 12.1. The van der Waals surface area contributed by atoms with Crippen molar-refractivity contribution in [2.75, 3.05) is 13.1 Å². The van der Waals surface area contributed by atoms with Crippen molar-refractivity contribution in [3.05, 3.63) is 35.9 Å². The Bertz CT molecular complexity index is 500. The minimum atomic E-state index is -0.254. The molecule has 1 amide bonds. The first kappa shape index (κ1) is 13.2. The van der Waals surface area contributed by atoms with Crippen LogP contribution < -0.4 is 0 Å². The Balaban J connectivity index is 1.52. The maximum atomic E-state index is 12.1. The summed E-state index contributed by atoms with van der Waals surface area (Å²) >= 11 is 0. The average Bonchev–Trinajstić information content (AvgIpc) is 2.89. The van der Waals surface area contributed by atoms with Gasteiger partial charge in [0.15, 0.2) is 0 Å². The van der Waals surface area contributed by atoms with E-state index in [4.69, 9.17) is 4.74 Å². The summed E-state index contributed by atoms with van der Waals surface area (Å²) in [6.45, 7) is 1.72. The monoisotopic (exact) mass is 273 g/mol. The lowest BCUT2D eigenvalue weighted by atomic mass is 9.81.